The number of hydrogen-bond donors (Lipinski definition) is 0. The molecule has 0 N–H and O–H groups in total. The fraction of sp³-hybridized carbons (Fsp3) is 0.269. The standard InChI is InChI=1S/C26H27N3/c1-2-22-11-6-12-25-26(22)23-19-28(17-20-8-4-3-5-9-20)15-13-24(23)29(25)18-21-10-7-14-27-16-21/h3-12,14,16H,2,13,15,17-19H2,1H3. The average molecular weight is 382 g/mol. The van der Waals surface area contributed by atoms with Crippen LogP contribution in [0.1, 0.15) is 34.9 Å². The minimum Gasteiger partial charge on any atom is -0.340 e. The van der Waals surface area contributed by atoms with Crippen molar-refractivity contribution in [3.05, 3.63) is 101 Å². The molecule has 2 aromatic carbocycles. The van der Waals surface area contributed by atoms with E-state index in [1.54, 1.807) is 0 Å². The molecule has 1 aliphatic rings. The Morgan fingerprint density at radius 3 is 2.55 bits per heavy atom. The number of aryl methyl sites for hydroxylation is 1. The number of fused-ring (bicyclic) bond motifs is 3. The summed E-state index contributed by atoms with van der Waals surface area (Å²) in [6.45, 7) is 6.31. The van der Waals surface area contributed by atoms with Crippen molar-refractivity contribution < 1.29 is 0 Å². The number of aromatic nitrogens is 2. The minimum absolute atomic E-state index is 0.894. The van der Waals surface area contributed by atoms with Crippen LogP contribution in [0.5, 0.6) is 0 Å². The van der Waals surface area contributed by atoms with E-state index in [2.05, 4.69) is 76.0 Å². The second kappa shape index (κ2) is 7.84. The van der Waals surface area contributed by atoms with Crippen molar-refractivity contribution in [3.63, 3.8) is 0 Å². The Kier molecular flexibility index (Phi) is 4.91. The summed E-state index contributed by atoms with van der Waals surface area (Å²) < 4.78 is 2.54. The van der Waals surface area contributed by atoms with Crippen molar-refractivity contribution >= 4 is 10.9 Å². The van der Waals surface area contributed by atoms with Crippen LogP contribution in [0.15, 0.2) is 73.1 Å². The number of benzene rings is 2. The molecular weight excluding hydrogens is 354 g/mol. The van der Waals surface area contributed by atoms with Crippen molar-refractivity contribution in [2.24, 2.45) is 0 Å². The zero-order valence-electron chi connectivity index (χ0n) is 17.0. The summed E-state index contributed by atoms with van der Waals surface area (Å²) >= 11 is 0. The Hall–Kier alpha value is -2.91. The van der Waals surface area contributed by atoms with Crippen molar-refractivity contribution in [3.8, 4) is 0 Å². The lowest BCUT2D eigenvalue weighted by Crippen LogP contribution is -2.30. The van der Waals surface area contributed by atoms with Crippen molar-refractivity contribution in [1.82, 2.24) is 14.5 Å². The molecule has 0 atom stereocenters. The third kappa shape index (κ3) is 3.47. The van der Waals surface area contributed by atoms with E-state index < -0.39 is 0 Å². The molecule has 29 heavy (non-hydrogen) atoms. The third-order valence-corrected chi connectivity index (χ3v) is 6.14. The van der Waals surface area contributed by atoms with Gasteiger partial charge in [-0.3, -0.25) is 9.88 Å². The predicted molar refractivity (Wildman–Crippen MR) is 119 cm³/mol. The fourth-order valence-electron chi connectivity index (χ4n) is 4.76. The van der Waals surface area contributed by atoms with Gasteiger partial charge >= 0.3 is 0 Å². The van der Waals surface area contributed by atoms with Gasteiger partial charge in [0.15, 0.2) is 0 Å². The molecule has 2 aromatic heterocycles. The highest BCUT2D eigenvalue weighted by Crippen LogP contribution is 2.34. The maximum Gasteiger partial charge on any atom is 0.0494 e. The average Bonchev–Trinajstić information content (AvgIpc) is 3.08. The Labute approximate surface area is 172 Å². The molecule has 0 amide bonds. The molecule has 0 saturated heterocycles. The lowest BCUT2D eigenvalue weighted by molar-refractivity contribution is 0.243. The summed E-state index contributed by atoms with van der Waals surface area (Å²) in [4.78, 5) is 6.92. The van der Waals surface area contributed by atoms with Gasteiger partial charge < -0.3 is 4.57 Å². The van der Waals surface area contributed by atoms with Crippen molar-refractivity contribution in [1.29, 1.82) is 0 Å². The molecule has 0 saturated carbocycles. The Bertz CT molecular complexity index is 1110. The van der Waals surface area contributed by atoms with Gasteiger partial charge in [0.05, 0.1) is 0 Å². The number of pyridine rings is 1. The zero-order chi connectivity index (χ0) is 19.6. The molecule has 3 nitrogen and oxygen atoms in total. The molecule has 5 rings (SSSR count). The van der Waals surface area contributed by atoms with Crippen LogP contribution in [0.2, 0.25) is 0 Å². The molecular formula is C26H27N3. The van der Waals surface area contributed by atoms with E-state index in [4.69, 9.17) is 0 Å². The van der Waals surface area contributed by atoms with Gasteiger partial charge in [-0.1, -0.05) is 55.5 Å². The first-order chi connectivity index (χ1) is 14.3. The van der Waals surface area contributed by atoms with Crippen LogP contribution in [-0.4, -0.2) is 21.0 Å². The predicted octanol–water partition coefficient (Wildman–Crippen LogP) is 5.21. The van der Waals surface area contributed by atoms with Gasteiger partial charge in [-0.15, -0.1) is 0 Å². The molecule has 0 aliphatic carbocycles. The number of nitrogens with zero attached hydrogens (tertiary/aromatic N) is 3. The van der Waals surface area contributed by atoms with Gasteiger partial charge in [0.2, 0.25) is 0 Å². The Morgan fingerprint density at radius 2 is 1.76 bits per heavy atom. The smallest absolute Gasteiger partial charge is 0.0494 e. The van der Waals surface area contributed by atoms with Crippen LogP contribution in [0.4, 0.5) is 0 Å². The summed E-state index contributed by atoms with van der Waals surface area (Å²) in [7, 11) is 0. The topological polar surface area (TPSA) is 21.1 Å². The monoisotopic (exact) mass is 381 g/mol. The van der Waals surface area contributed by atoms with E-state index in [9.17, 15) is 0 Å². The van der Waals surface area contributed by atoms with E-state index in [0.717, 1.165) is 39.0 Å². The quantitative estimate of drug-likeness (QED) is 0.473. The van der Waals surface area contributed by atoms with E-state index in [1.807, 2.05) is 18.5 Å². The van der Waals surface area contributed by atoms with Crippen LogP contribution in [0, 0.1) is 0 Å². The molecule has 0 radical (unpaired) electrons. The Morgan fingerprint density at radius 1 is 0.897 bits per heavy atom. The lowest BCUT2D eigenvalue weighted by atomic mass is 9.99. The fourth-order valence-corrected chi connectivity index (χ4v) is 4.76. The number of rotatable bonds is 5. The Balaban J connectivity index is 1.56. The molecule has 146 valence electrons. The maximum absolute atomic E-state index is 4.33. The first kappa shape index (κ1) is 18.1. The van der Waals surface area contributed by atoms with Crippen LogP contribution in [0.3, 0.4) is 0 Å². The summed E-state index contributed by atoms with van der Waals surface area (Å²) in [6.07, 6.45) is 6.01. The van der Waals surface area contributed by atoms with E-state index in [-0.39, 0.29) is 0 Å². The highest BCUT2D eigenvalue weighted by molar-refractivity contribution is 5.89. The minimum atomic E-state index is 0.894. The molecule has 0 fully saturated rings. The van der Waals surface area contributed by atoms with E-state index in [0.29, 0.717) is 0 Å². The molecule has 0 unspecified atom stereocenters. The van der Waals surface area contributed by atoms with Crippen LogP contribution in [0.25, 0.3) is 10.9 Å². The first-order valence-electron chi connectivity index (χ1n) is 10.6. The van der Waals surface area contributed by atoms with Crippen LogP contribution >= 0.6 is 0 Å². The van der Waals surface area contributed by atoms with Crippen LogP contribution < -0.4 is 0 Å². The molecule has 3 heterocycles. The van der Waals surface area contributed by atoms with E-state index in [1.165, 1.54) is 38.9 Å². The maximum atomic E-state index is 4.33. The molecule has 0 spiro atoms. The highest BCUT2D eigenvalue weighted by atomic mass is 15.1. The zero-order valence-corrected chi connectivity index (χ0v) is 17.0. The molecule has 3 heteroatoms. The molecule has 4 aromatic rings. The van der Waals surface area contributed by atoms with Gasteiger partial charge in [0.1, 0.15) is 0 Å². The van der Waals surface area contributed by atoms with Gasteiger partial charge in [0.25, 0.3) is 0 Å². The normalized spacial score (nSPS) is 14.2. The third-order valence-electron chi connectivity index (χ3n) is 6.14. The summed E-state index contributed by atoms with van der Waals surface area (Å²) in [5.74, 6) is 0. The van der Waals surface area contributed by atoms with Crippen molar-refractivity contribution in [2.45, 2.75) is 39.4 Å². The lowest BCUT2D eigenvalue weighted by Gasteiger charge is -2.28. The van der Waals surface area contributed by atoms with Gasteiger partial charge in [0, 0.05) is 61.6 Å². The largest absolute Gasteiger partial charge is 0.340 e. The second-order valence-corrected chi connectivity index (χ2v) is 7.98. The number of hydrogen-bond acceptors (Lipinski definition) is 2. The van der Waals surface area contributed by atoms with E-state index >= 15 is 0 Å². The van der Waals surface area contributed by atoms with Crippen molar-refractivity contribution in [2.75, 3.05) is 6.54 Å². The summed E-state index contributed by atoms with van der Waals surface area (Å²) in [5.41, 5.74) is 8.54. The van der Waals surface area contributed by atoms with Gasteiger partial charge in [-0.05, 0) is 40.8 Å². The first-order valence-corrected chi connectivity index (χ1v) is 10.6. The summed E-state index contributed by atoms with van der Waals surface area (Å²) in [6, 6.07) is 21.9. The second-order valence-electron chi connectivity index (χ2n) is 7.98. The SMILES string of the molecule is CCc1cccc2c1c1c(n2Cc2cccnc2)CCN(Cc2ccccc2)C1. The molecule has 1 aliphatic heterocycles. The highest BCUT2D eigenvalue weighted by Gasteiger charge is 2.25. The molecule has 0 bridgehead atoms. The summed E-state index contributed by atoms with van der Waals surface area (Å²) in [5, 5.41) is 1.48. The van der Waals surface area contributed by atoms with Gasteiger partial charge in [-0.25, -0.2) is 0 Å². The van der Waals surface area contributed by atoms with Gasteiger partial charge in [-0.2, -0.15) is 0 Å². The van der Waals surface area contributed by atoms with Crippen LogP contribution in [-0.2, 0) is 32.5 Å².